The third kappa shape index (κ3) is 7.06. The van der Waals surface area contributed by atoms with E-state index in [4.69, 9.17) is 4.74 Å². The van der Waals surface area contributed by atoms with E-state index in [-0.39, 0.29) is 44.6 Å². The second kappa shape index (κ2) is 11.4. The van der Waals surface area contributed by atoms with Crippen LogP contribution >= 0.6 is 0 Å². The number of carbonyl (C=O) groups excluding carboxylic acids is 2. The molecule has 2 fully saturated rings. The van der Waals surface area contributed by atoms with Gasteiger partial charge in [-0.2, -0.15) is 6.92 Å². The molecule has 1 saturated heterocycles. The van der Waals surface area contributed by atoms with Crippen LogP contribution in [0, 0.1) is 12.5 Å². The molecule has 0 aromatic heterocycles. The summed E-state index contributed by atoms with van der Waals surface area (Å²) < 4.78 is 5.26. The maximum Gasteiger partial charge on any atom is 0.318 e. The van der Waals surface area contributed by atoms with Gasteiger partial charge in [0.1, 0.15) is 6.04 Å². The van der Waals surface area contributed by atoms with Crippen LogP contribution in [0.3, 0.4) is 0 Å². The van der Waals surface area contributed by atoms with Gasteiger partial charge in [-0.05, 0) is 12.3 Å². The molecular weight excluding hydrogens is 371 g/mol. The van der Waals surface area contributed by atoms with Crippen LogP contribution in [-0.4, -0.2) is 49.2 Å². The van der Waals surface area contributed by atoms with Crippen molar-refractivity contribution in [2.45, 2.75) is 51.5 Å². The van der Waals surface area contributed by atoms with Crippen molar-refractivity contribution in [3.05, 3.63) is 6.54 Å². The van der Waals surface area contributed by atoms with Gasteiger partial charge in [-0.1, -0.05) is 32.1 Å². The van der Waals surface area contributed by atoms with E-state index in [1.807, 2.05) is 0 Å². The quantitative estimate of drug-likeness (QED) is 0.691. The van der Waals surface area contributed by atoms with Gasteiger partial charge in [-0.3, -0.25) is 4.79 Å². The fraction of sp³-hybridized carbons (Fsp3) is 0.812. The Bertz CT molecular complexity index is 370. The van der Waals surface area contributed by atoms with Crippen molar-refractivity contribution in [3.63, 3.8) is 0 Å². The number of hydrogen-bond donors (Lipinski definition) is 2. The molecule has 2 rings (SSSR count). The maximum absolute atomic E-state index is 12.3. The minimum atomic E-state index is -0.449. The fourth-order valence-corrected chi connectivity index (χ4v) is 3.24. The van der Waals surface area contributed by atoms with E-state index in [0.29, 0.717) is 32.2 Å². The summed E-state index contributed by atoms with van der Waals surface area (Å²) in [6, 6.07) is -0.606. The number of urea groups is 1. The molecule has 0 unspecified atom stereocenters. The van der Waals surface area contributed by atoms with E-state index >= 15 is 0 Å². The first-order chi connectivity index (χ1) is 10.7. The zero-order valence-electron chi connectivity index (χ0n) is 14.1. The van der Waals surface area contributed by atoms with Gasteiger partial charge >= 0.3 is 6.03 Å². The van der Waals surface area contributed by atoms with Crippen LogP contribution in [0.15, 0.2) is 0 Å². The molecular formula is C16H28N3O3Y-. The number of carbonyl (C=O) groups is 2. The van der Waals surface area contributed by atoms with Crippen LogP contribution in [0.4, 0.5) is 4.79 Å². The van der Waals surface area contributed by atoms with Gasteiger partial charge in [-0.15, -0.1) is 0 Å². The van der Waals surface area contributed by atoms with Gasteiger partial charge in [0.15, 0.2) is 0 Å². The first kappa shape index (κ1) is 20.8. The zero-order chi connectivity index (χ0) is 15.8. The Balaban J connectivity index is 0.00000264. The Hall–Kier alpha value is -0.196. The summed E-state index contributed by atoms with van der Waals surface area (Å²) in [5.74, 6) is 0.418. The van der Waals surface area contributed by atoms with Crippen molar-refractivity contribution in [1.29, 1.82) is 0 Å². The van der Waals surface area contributed by atoms with Crippen LogP contribution in [-0.2, 0) is 42.2 Å². The van der Waals surface area contributed by atoms with Crippen molar-refractivity contribution in [2.75, 3.05) is 26.3 Å². The van der Waals surface area contributed by atoms with E-state index < -0.39 is 6.04 Å². The van der Waals surface area contributed by atoms with Crippen molar-refractivity contribution < 1.29 is 47.0 Å². The predicted molar refractivity (Wildman–Crippen MR) is 84.0 cm³/mol. The minimum Gasteiger partial charge on any atom is -0.504 e. The summed E-state index contributed by atoms with van der Waals surface area (Å²) in [5, 5.41) is 5.64. The van der Waals surface area contributed by atoms with Gasteiger partial charge in [0.25, 0.3) is 0 Å². The monoisotopic (exact) mass is 399 g/mol. The van der Waals surface area contributed by atoms with Gasteiger partial charge < -0.3 is 20.3 Å². The average molecular weight is 399 g/mol. The number of hydrogen-bond acceptors (Lipinski definition) is 3. The Morgan fingerprint density at radius 1 is 1.22 bits per heavy atom. The zero-order valence-corrected chi connectivity index (χ0v) is 16.9. The Morgan fingerprint density at radius 3 is 2.48 bits per heavy atom. The molecule has 0 bridgehead atoms. The Morgan fingerprint density at radius 2 is 1.87 bits per heavy atom. The first-order valence-electron chi connectivity index (χ1n) is 8.42. The smallest absolute Gasteiger partial charge is 0.318 e. The molecule has 3 amide bonds. The average Bonchev–Trinajstić information content (AvgIpc) is 2.56. The number of rotatable bonds is 5. The molecule has 1 atom stereocenters. The molecule has 1 aliphatic heterocycles. The van der Waals surface area contributed by atoms with Crippen LogP contribution in [0.1, 0.15) is 45.4 Å². The SMILES string of the molecule is C[CH-]NC(=O)[C@H](CC1CCCCC1)NC(=O)N1CCOCC1.[Y]. The Labute approximate surface area is 164 Å². The third-order valence-electron chi connectivity index (χ3n) is 4.49. The van der Waals surface area contributed by atoms with Gasteiger partial charge in [0.05, 0.1) is 13.2 Å². The summed E-state index contributed by atoms with van der Waals surface area (Å²) in [4.78, 5) is 26.3. The molecule has 2 aliphatic rings. The second-order valence-corrected chi connectivity index (χ2v) is 6.14. The second-order valence-electron chi connectivity index (χ2n) is 6.14. The Kier molecular flexibility index (Phi) is 10.3. The first-order valence-corrected chi connectivity index (χ1v) is 8.42. The molecule has 1 heterocycles. The van der Waals surface area contributed by atoms with Gasteiger partial charge in [-0.25, -0.2) is 11.3 Å². The van der Waals surface area contributed by atoms with Crippen LogP contribution in [0.5, 0.6) is 0 Å². The van der Waals surface area contributed by atoms with Crippen molar-refractivity contribution >= 4 is 11.9 Å². The van der Waals surface area contributed by atoms with E-state index in [0.717, 1.165) is 19.3 Å². The molecule has 7 heteroatoms. The summed E-state index contributed by atoms with van der Waals surface area (Å²) >= 11 is 0. The number of nitrogens with one attached hydrogen (secondary N) is 2. The van der Waals surface area contributed by atoms with Crippen LogP contribution in [0.2, 0.25) is 0 Å². The topological polar surface area (TPSA) is 70.7 Å². The van der Waals surface area contributed by atoms with Gasteiger partial charge in [0, 0.05) is 45.8 Å². The molecule has 6 nitrogen and oxygen atoms in total. The largest absolute Gasteiger partial charge is 0.504 e. The predicted octanol–water partition coefficient (Wildman–Crippen LogP) is 1.66. The molecule has 0 aromatic rings. The number of nitrogens with zero attached hydrogens (tertiary/aromatic N) is 1. The molecule has 129 valence electrons. The molecule has 1 radical (unpaired) electrons. The summed E-state index contributed by atoms with van der Waals surface area (Å²) in [6.07, 6.45) is 6.80. The van der Waals surface area contributed by atoms with Crippen molar-refractivity contribution in [2.24, 2.45) is 5.92 Å². The summed E-state index contributed by atoms with van der Waals surface area (Å²) in [5.41, 5.74) is 0. The molecule has 23 heavy (non-hydrogen) atoms. The summed E-state index contributed by atoms with van der Waals surface area (Å²) in [7, 11) is 0. The van der Waals surface area contributed by atoms with E-state index in [2.05, 4.69) is 10.6 Å². The van der Waals surface area contributed by atoms with E-state index in [1.165, 1.54) is 19.3 Å². The van der Waals surface area contributed by atoms with Crippen LogP contribution < -0.4 is 10.6 Å². The van der Waals surface area contributed by atoms with Gasteiger partial charge in [0.2, 0.25) is 5.91 Å². The third-order valence-corrected chi connectivity index (χ3v) is 4.49. The number of morpholine rings is 1. The summed E-state index contributed by atoms with van der Waals surface area (Å²) in [6.45, 7) is 5.70. The molecule has 0 aromatic carbocycles. The maximum atomic E-state index is 12.3. The number of amides is 3. The van der Waals surface area contributed by atoms with Crippen molar-refractivity contribution in [1.82, 2.24) is 15.5 Å². The minimum absolute atomic E-state index is 0. The standard InChI is InChI=1S/C16H28N3O3.Y/c1-2-17-15(20)14(12-13-6-4-3-5-7-13)18-16(21)19-8-10-22-11-9-19;/h2,13-14H,3-12H2,1H3,(H,17,20)(H,18,21);/q-1;/t14-;/m0./s1. The molecule has 1 saturated carbocycles. The van der Waals surface area contributed by atoms with E-state index in [9.17, 15) is 9.59 Å². The molecule has 2 N–H and O–H groups in total. The van der Waals surface area contributed by atoms with Crippen molar-refractivity contribution in [3.8, 4) is 0 Å². The van der Waals surface area contributed by atoms with E-state index in [1.54, 1.807) is 18.4 Å². The fourth-order valence-electron chi connectivity index (χ4n) is 3.24. The normalized spacial score (nSPS) is 20.3. The number of ether oxygens (including phenoxy) is 1. The van der Waals surface area contributed by atoms with Crippen LogP contribution in [0.25, 0.3) is 0 Å². The molecule has 0 spiro atoms. The molecule has 1 aliphatic carbocycles.